The highest BCUT2D eigenvalue weighted by Gasteiger charge is 2.44. The number of thioether (sulfide) groups is 2. The Bertz CT molecular complexity index is 532. The number of carboxylic acid groups (broad SMARTS) is 1. The predicted molar refractivity (Wildman–Crippen MR) is 121 cm³/mol. The molecular formula is C22H39NO3S2. The van der Waals surface area contributed by atoms with E-state index < -0.39 is 5.97 Å². The van der Waals surface area contributed by atoms with Gasteiger partial charge >= 0.3 is 5.97 Å². The van der Waals surface area contributed by atoms with Gasteiger partial charge in [0, 0.05) is 35.3 Å². The fourth-order valence-corrected chi connectivity index (χ4v) is 7.81. The standard InChI is InChI=1S/C22H39NO3S2/c1-15(2)19(27-16(3)24)12-22(4,5)20-11-18(13-23(20)14-21(25)26)28-17-9-7-6-8-10-17/h15,17-20H,6-14H2,1-5H3,(H,25,26). The van der Waals surface area contributed by atoms with Gasteiger partial charge in [-0.25, -0.2) is 0 Å². The zero-order chi connectivity index (χ0) is 20.9. The normalized spacial score (nSPS) is 25.9. The molecule has 0 bridgehead atoms. The molecule has 3 atom stereocenters. The molecule has 0 spiro atoms. The van der Waals surface area contributed by atoms with E-state index in [1.807, 2.05) is 0 Å². The molecule has 1 heterocycles. The number of carboxylic acids is 1. The van der Waals surface area contributed by atoms with E-state index in [0.717, 1.165) is 24.6 Å². The first-order chi connectivity index (χ1) is 13.1. The molecule has 1 aliphatic heterocycles. The van der Waals surface area contributed by atoms with Gasteiger partial charge in [0.15, 0.2) is 5.12 Å². The minimum atomic E-state index is -0.734. The van der Waals surface area contributed by atoms with Gasteiger partial charge in [-0.1, -0.05) is 58.7 Å². The Balaban J connectivity index is 2.08. The first-order valence-corrected chi connectivity index (χ1v) is 12.7. The van der Waals surface area contributed by atoms with Gasteiger partial charge in [0.25, 0.3) is 0 Å². The van der Waals surface area contributed by atoms with Crippen LogP contribution in [0.2, 0.25) is 0 Å². The average molecular weight is 430 g/mol. The van der Waals surface area contributed by atoms with Gasteiger partial charge in [0.05, 0.1) is 6.54 Å². The van der Waals surface area contributed by atoms with Crippen LogP contribution in [0.15, 0.2) is 0 Å². The molecule has 6 heteroatoms. The summed E-state index contributed by atoms with van der Waals surface area (Å²) < 4.78 is 0. The minimum absolute atomic E-state index is 0.0191. The van der Waals surface area contributed by atoms with E-state index in [-0.39, 0.29) is 28.4 Å². The van der Waals surface area contributed by atoms with Crippen LogP contribution in [0.3, 0.4) is 0 Å². The molecular weight excluding hydrogens is 390 g/mol. The van der Waals surface area contributed by atoms with Crippen molar-refractivity contribution in [3.63, 3.8) is 0 Å². The van der Waals surface area contributed by atoms with Gasteiger partial charge in [-0.05, 0) is 37.0 Å². The Morgan fingerprint density at radius 3 is 2.32 bits per heavy atom. The highest BCUT2D eigenvalue weighted by molar-refractivity contribution is 8.14. The van der Waals surface area contributed by atoms with Crippen LogP contribution in [0.1, 0.15) is 79.6 Å². The minimum Gasteiger partial charge on any atom is -0.480 e. The van der Waals surface area contributed by atoms with Crippen molar-refractivity contribution in [2.75, 3.05) is 13.1 Å². The number of aliphatic carboxylic acids is 1. The van der Waals surface area contributed by atoms with E-state index in [9.17, 15) is 14.7 Å². The van der Waals surface area contributed by atoms with Crippen molar-refractivity contribution in [2.24, 2.45) is 11.3 Å². The lowest BCUT2D eigenvalue weighted by molar-refractivity contribution is -0.139. The van der Waals surface area contributed by atoms with Crippen LogP contribution in [0.4, 0.5) is 0 Å². The van der Waals surface area contributed by atoms with Gasteiger partial charge in [-0.15, -0.1) is 0 Å². The van der Waals surface area contributed by atoms with Gasteiger partial charge < -0.3 is 5.11 Å². The fraction of sp³-hybridized carbons (Fsp3) is 0.909. The summed E-state index contributed by atoms with van der Waals surface area (Å²) in [5, 5.41) is 11.2. The van der Waals surface area contributed by atoms with Crippen molar-refractivity contribution in [1.29, 1.82) is 0 Å². The van der Waals surface area contributed by atoms with E-state index in [0.29, 0.717) is 11.2 Å². The molecule has 2 aliphatic rings. The third-order valence-corrected chi connectivity index (χ3v) is 9.26. The lowest BCUT2D eigenvalue weighted by atomic mass is 9.77. The third kappa shape index (κ3) is 7.24. The predicted octanol–water partition coefficient (Wildman–Crippen LogP) is 5.30. The topological polar surface area (TPSA) is 57.6 Å². The Hall–Kier alpha value is -0.200. The highest BCUT2D eigenvalue weighted by atomic mass is 32.2. The van der Waals surface area contributed by atoms with Crippen molar-refractivity contribution in [3.05, 3.63) is 0 Å². The van der Waals surface area contributed by atoms with Crippen LogP contribution in [0, 0.1) is 11.3 Å². The molecule has 1 aliphatic carbocycles. The van der Waals surface area contributed by atoms with Crippen molar-refractivity contribution >= 4 is 34.6 Å². The molecule has 1 N–H and O–H groups in total. The summed E-state index contributed by atoms with van der Waals surface area (Å²) >= 11 is 3.58. The van der Waals surface area contributed by atoms with Crippen molar-refractivity contribution in [2.45, 2.75) is 101 Å². The zero-order valence-electron chi connectivity index (χ0n) is 18.3. The second-order valence-corrected chi connectivity index (χ2v) is 12.7. The Labute approximate surface area is 180 Å². The van der Waals surface area contributed by atoms with E-state index in [2.05, 4.69) is 44.4 Å². The van der Waals surface area contributed by atoms with E-state index in [1.165, 1.54) is 43.9 Å². The molecule has 1 saturated carbocycles. The molecule has 0 aromatic carbocycles. The molecule has 0 radical (unpaired) electrons. The summed E-state index contributed by atoms with van der Waals surface area (Å²) in [6.07, 6.45) is 8.70. The summed E-state index contributed by atoms with van der Waals surface area (Å²) in [5.74, 6) is -0.308. The number of rotatable bonds is 9. The number of likely N-dealkylation sites (tertiary alicyclic amines) is 1. The summed E-state index contributed by atoms with van der Waals surface area (Å²) in [6, 6.07) is 0.262. The smallest absolute Gasteiger partial charge is 0.317 e. The van der Waals surface area contributed by atoms with Crippen LogP contribution in [-0.4, -0.2) is 56.0 Å². The first kappa shape index (κ1) is 24.1. The maximum Gasteiger partial charge on any atom is 0.317 e. The van der Waals surface area contributed by atoms with Crippen molar-refractivity contribution < 1.29 is 14.7 Å². The zero-order valence-corrected chi connectivity index (χ0v) is 19.9. The largest absolute Gasteiger partial charge is 0.480 e. The van der Waals surface area contributed by atoms with Crippen molar-refractivity contribution in [3.8, 4) is 0 Å². The maximum atomic E-state index is 11.7. The molecule has 28 heavy (non-hydrogen) atoms. The second kappa shape index (κ2) is 10.7. The van der Waals surface area contributed by atoms with Gasteiger partial charge in [0.1, 0.15) is 0 Å². The molecule has 2 rings (SSSR count). The van der Waals surface area contributed by atoms with E-state index >= 15 is 0 Å². The summed E-state index contributed by atoms with van der Waals surface area (Å²) in [6.45, 7) is 11.6. The first-order valence-electron chi connectivity index (χ1n) is 10.9. The highest BCUT2D eigenvalue weighted by Crippen LogP contribution is 2.44. The summed E-state index contributed by atoms with van der Waals surface area (Å²) in [7, 11) is 0. The maximum absolute atomic E-state index is 11.7. The monoisotopic (exact) mass is 429 g/mol. The van der Waals surface area contributed by atoms with E-state index in [4.69, 9.17) is 0 Å². The third-order valence-electron chi connectivity index (χ3n) is 6.33. The molecule has 0 amide bonds. The van der Waals surface area contributed by atoms with Gasteiger partial charge in [-0.2, -0.15) is 11.8 Å². The van der Waals surface area contributed by atoms with Crippen LogP contribution in [-0.2, 0) is 9.59 Å². The molecule has 0 aromatic heterocycles. The molecule has 0 aromatic rings. The molecule has 2 fully saturated rings. The van der Waals surface area contributed by atoms with E-state index in [1.54, 1.807) is 6.92 Å². The van der Waals surface area contributed by atoms with Gasteiger partial charge in [-0.3, -0.25) is 14.5 Å². The number of carbonyl (C=O) groups is 2. The second-order valence-electron chi connectivity index (χ2n) is 9.68. The van der Waals surface area contributed by atoms with Crippen LogP contribution in [0.25, 0.3) is 0 Å². The Morgan fingerprint density at radius 1 is 1.14 bits per heavy atom. The lowest BCUT2D eigenvalue weighted by Crippen LogP contribution is -2.45. The van der Waals surface area contributed by atoms with Crippen LogP contribution in [0.5, 0.6) is 0 Å². The van der Waals surface area contributed by atoms with Gasteiger partial charge in [0.2, 0.25) is 0 Å². The van der Waals surface area contributed by atoms with Crippen LogP contribution >= 0.6 is 23.5 Å². The number of nitrogens with zero attached hydrogens (tertiary/aromatic N) is 1. The Kier molecular flexibility index (Phi) is 9.21. The van der Waals surface area contributed by atoms with Crippen molar-refractivity contribution in [1.82, 2.24) is 4.90 Å². The number of hydrogen-bond acceptors (Lipinski definition) is 5. The SMILES string of the molecule is CC(=O)SC(CC(C)(C)C1CC(SC2CCCCC2)CN1CC(=O)O)C(C)C. The molecule has 1 saturated heterocycles. The quantitative estimate of drug-likeness (QED) is 0.537. The Morgan fingerprint density at radius 2 is 1.79 bits per heavy atom. The molecule has 4 nitrogen and oxygen atoms in total. The number of hydrogen-bond donors (Lipinski definition) is 1. The van der Waals surface area contributed by atoms with Crippen LogP contribution < -0.4 is 0 Å². The average Bonchev–Trinajstić information content (AvgIpc) is 2.97. The fourth-order valence-electron chi connectivity index (χ4n) is 4.88. The number of carbonyl (C=O) groups excluding carboxylic acids is 1. The summed E-state index contributed by atoms with van der Waals surface area (Å²) in [5.41, 5.74) is -0.0191. The molecule has 162 valence electrons. The summed E-state index contributed by atoms with van der Waals surface area (Å²) in [4.78, 5) is 25.4. The molecule has 3 unspecified atom stereocenters. The lowest BCUT2D eigenvalue weighted by Gasteiger charge is -2.40.